The van der Waals surface area contributed by atoms with Crippen LogP contribution in [-0.2, 0) is 0 Å². The van der Waals surface area contributed by atoms with E-state index in [1.165, 1.54) is 0 Å². The van der Waals surface area contributed by atoms with Gasteiger partial charge in [0.25, 0.3) is 0 Å². The highest BCUT2D eigenvalue weighted by Crippen LogP contribution is 2.26. The first-order chi connectivity index (χ1) is 6.37. The van der Waals surface area contributed by atoms with E-state index in [4.69, 9.17) is 11.0 Å². The molecule has 0 amide bonds. The third-order valence-electron chi connectivity index (χ3n) is 2.99. The summed E-state index contributed by atoms with van der Waals surface area (Å²) in [6.45, 7) is 8.55. The largest absolute Gasteiger partial charge is 0.323 e. The highest BCUT2D eigenvalue weighted by atomic mass is 15.2. The van der Waals surface area contributed by atoms with E-state index < -0.39 is 0 Å². The number of piperidine rings is 1. The lowest BCUT2D eigenvalue weighted by molar-refractivity contribution is 0.0665. The molecule has 3 heteroatoms. The summed E-state index contributed by atoms with van der Waals surface area (Å²) in [5.41, 5.74) is 6.08. The second-order valence-electron chi connectivity index (χ2n) is 5.39. The fraction of sp³-hybridized carbons (Fsp3) is 0.909. The minimum Gasteiger partial charge on any atom is -0.323 e. The predicted octanol–water partition coefficient (Wildman–Crippen LogP) is 1.49. The van der Waals surface area contributed by atoms with Gasteiger partial charge in [0, 0.05) is 17.6 Å². The van der Waals surface area contributed by atoms with E-state index in [1.807, 2.05) is 0 Å². The van der Waals surface area contributed by atoms with Gasteiger partial charge in [-0.05, 0) is 40.2 Å². The van der Waals surface area contributed by atoms with Crippen molar-refractivity contribution in [1.29, 1.82) is 5.26 Å². The lowest BCUT2D eigenvalue weighted by Crippen LogP contribution is -2.58. The average Bonchev–Trinajstić information content (AvgIpc) is 2.02. The van der Waals surface area contributed by atoms with E-state index in [1.54, 1.807) is 0 Å². The van der Waals surface area contributed by atoms with Crippen LogP contribution in [0.1, 0.15) is 40.0 Å². The van der Waals surface area contributed by atoms with Crippen LogP contribution in [-0.4, -0.2) is 29.1 Å². The third kappa shape index (κ3) is 2.70. The second-order valence-corrected chi connectivity index (χ2v) is 5.39. The number of nitriles is 1. The van der Waals surface area contributed by atoms with Crippen molar-refractivity contribution in [1.82, 2.24) is 4.90 Å². The van der Waals surface area contributed by atoms with Crippen molar-refractivity contribution < 1.29 is 0 Å². The lowest BCUT2D eigenvalue weighted by atomic mass is 9.85. The monoisotopic (exact) mass is 195 g/mol. The number of nitrogens with zero attached hydrogens (tertiary/aromatic N) is 2. The molecule has 1 atom stereocenters. The van der Waals surface area contributed by atoms with Crippen LogP contribution in [0.25, 0.3) is 0 Å². The number of nitrogens with two attached hydrogens (primary N) is 1. The summed E-state index contributed by atoms with van der Waals surface area (Å²) in [7, 11) is 0. The Labute approximate surface area is 86.9 Å². The molecule has 3 nitrogen and oxygen atoms in total. The van der Waals surface area contributed by atoms with Gasteiger partial charge in [0.15, 0.2) is 0 Å². The van der Waals surface area contributed by atoms with Crippen LogP contribution in [0.2, 0.25) is 0 Å². The summed E-state index contributed by atoms with van der Waals surface area (Å²) in [5.74, 6) is 0. The number of hydrogen-bond acceptors (Lipinski definition) is 3. The highest BCUT2D eigenvalue weighted by Gasteiger charge is 2.35. The van der Waals surface area contributed by atoms with Crippen LogP contribution < -0.4 is 5.73 Å². The zero-order valence-electron chi connectivity index (χ0n) is 9.51. The van der Waals surface area contributed by atoms with Crippen LogP contribution in [0.3, 0.4) is 0 Å². The zero-order chi connectivity index (χ0) is 10.8. The van der Waals surface area contributed by atoms with E-state index in [0.717, 1.165) is 25.9 Å². The van der Waals surface area contributed by atoms with Gasteiger partial charge in [-0.25, -0.2) is 0 Å². The quantitative estimate of drug-likeness (QED) is 0.689. The standard InChI is InChI=1S/C11H21N3/c1-10(2,3)14-8-4-5-11(13,9-14)6-7-12/h4-6,8-9,13H2,1-3H3. The molecule has 0 radical (unpaired) electrons. The maximum atomic E-state index is 8.72. The summed E-state index contributed by atoms with van der Waals surface area (Å²) in [6.07, 6.45) is 2.56. The summed E-state index contributed by atoms with van der Waals surface area (Å²) in [5, 5.41) is 8.72. The zero-order valence-corrected chi connectivity index (χ0v) is 9.51. The molecule has 0 bridgehead atoms. The molecule has 0 spiro atoms. The van der Waals surface area contributed by atoms with E-state index in [-0.39, 0.29) is 11.1 Å². The fourth-order valence-electron chi connectivity index (χ4n) is 2.03. The van der Waals surface area contributed by atoms with Crippen molar-refractivity contribution in [2.45, 2.75) is 51.1 Å². The molecular formula is C11H21N3. The molecule has 0 aliphatic carbocycles. The normalized spacial score (nSPS) is 29.9. The Bertz CT molecular complexity index is 236. The Hall–Kier alpha value is -0.590. The molecule has 0 saturated carbocycles. The summed E-state index contributed by atoms with van der Waals surface area (Å²) >= 11 is 0. The Balaban J connectivity index is 2.65. The van der Waals surface area contributed by atoms with Gasteiger partial charge in [0.05, 0.1) is 12.5 Å². The van der Waals surface area contributed by atoms with Crippen molar-refractivity contribution in [3.05, 3.63) is 0 Å². The molecule has 1 saturated heterocycles. The first-order valence-corrected chi connectivity index (χ1v) is 5.28. The molecule has 2 N–H and O–H groups in total. The molecule has 1 heterocycles. The van der Waals surface area contributed by atoms with E-state index in [2.05, 4.69) is 31.7 Å². The molecule has 1 rings (SSSR count). The summed E-state index contributed by atoms with van der Waals surface area (Å²) in [4.78, 5) is 2.38. The number of rotatable bonds is 1. The molecule has 1 aliphatic heterocycles. The Morgan fingerprint density at radius 2 is 2.14 bits per heavy atom. The summed E-state index contributed by atoms with van der Waals surface area (Å²) < 4.78 is 0. The van der Waals surface area contributed by atoms with Crippen molar-refractivity contribution in [2.75, 3.05) is 13.1 Å². The molecule has 0 aromatic heterocycles. The number of hydrogen-bond donors (Lipinski definition) is 1. The van der Waals surface area contributed by atoms with Crippen LogP contribution in [0, 0.1) is 11.3 Å². The first-order valence-electron chi connectivity index (χ1n) is 5.28. The molecular weight excluding hydrogens is 174 g/mol. The van der Waals surface area contributed by atoms with Crippen LogP contribution in [0.5, 0.6) is 0 Å². The van der Waals surface area contributed by atoms with E-state index in [0.29, 0.717) is 6.42 Å². The molecule has 1 fully saturated rings. The van der Waals surface area contributed by atoms with E-state index >= 15 is 0 Å². The van der Waals surface area contributed by atoms with Gasteiger partial charge in [-0.1, -0.05) is 0 Å². The molecule has 0 aromatic carbocycles. The van der Waals surface area contributed by atoms with Gasteiger partial charge in [-0.3, -0.25) is 4.90 Å². The Morgan fingerprint density at radius 3 is 2.64 bits per heavy atom. The van der Waals surface area contributed by atoms with Gasteiger partial charge < -0.3 is 5.73 Å². The lowest BCUT2D eigenvalue weighted by Gasteiger charge is -2.45. The van der Waals surface area contributed by atoms with Crippen LogP contribution in [0.4, 0.5) is 0 Å². The number of likely N-dealkylation sites (tertiary alicyclic amines) is 1. The molecule has 0 aromatic rings. The van der Waals surface area contributed by atoms with Crippen LogP contribution >= 0.6 is 0 Å². The minimum atomic E-state index is -0.277. The fourth-order valence-corrected chi connectivity index (χ4v) is 2.03. The average molecular weight is 195 g/mol. The van der Waals surface area contributed by atoms with Crippen molar-refractivity contribution in [3.8, 4) is 6.07 Å². The second kappa shape index (κ2) is 3.88. The van der Waals surface area contributed by atoms with Gasteiger partial charge >= 0.3 is 0 Å². The molecule has 1 unspecified atom stereocenters. The topological polar surface area (TPSA) is 53.0 Å². The highest BCUT2D eigenvalue weighted by molar-refractivity contribution is 4.99. The maximum absolute atomic E-state index is 8.72. The molecule has 14 heavy (non-hydrogen) atoms. The van der Waals surface area contributed by atoms with Crippen molar-refractivity contribution in [3.63, 3.8) is 0 Å². The molecule has 1 aliphatic rings. The molecule has 80 valence electrons. The minimum absolute atomic E-state index is 0.167. The SMILES string of the molecule is CC(C)(C)N1CCCC(N)(CC#N)C1. The van der Waals surface area contributed by atoms with Gasteiger partial charge in [-0.15, -0.1) is 0 Å². The summed E-state index contributed by atoms with van der Waals surface area (Å²) in [6, 6.07) is 2.20. The van der Waals surface area contributed by atoms with Gasteiger partial charge in [0.2, 0.25) is 0 Å². The Morgan fingerprint density at radius 1 is 1.50 bits per heavy atom. The third-order valence-corrected chi connectivity index (χ3v) is 2.99. The van der Waals surface area contributed by atoms with Crippen molar-refractivity contribution in [2.24, 2.45) is 5.73 Å². The smallest absolute Gasteiger partial charge is 0.0641 e. The Kier molecular flexibility index (Phi) is 3.18. The maximum Gasteiger partial charge on any atom is 0.0641 e. The van der Waals surface area contributed by atoms with Gasteiger partial charge in [0.1, 0.15) is 0 Å². The predicted molar refractivity (Wildman–Crippen MR) is 57.7 cm³/mol. The van der Waals surface area contributed by atoms with Gasteiger partial charge in [-0.2, -0.15) is 5.26 Å². The van der Waals surface area contributed by atoms with E-state index in [9.17, 15) is 0 Å². The first kappa shape index (κ1) is 11.5. The van der Waals surface area contributed by atoms with Crippen LogP contribution in [0.15, 0.2) is 0 Å². The van der Waals surface area contributed by atoms with Crippen molar-refractivity contribution >= 4 is 0 Å².